The van der Waals surface area contributed by atoms with Crippen molar-refractivity contribution >= 4 is 5.69 Å². The number of hydrogen-bond donors (Lipinski definition) is 1. The summed E-state index contributed by atoms with van der Waals surface area (Å²) in [6.45, 7) is 6.16. The van der Waals surface area contributed by atoms with Gasteiger partial charge in [0.2, 0.25) is 0 Å². The molecule has 2 rings (SSSR count). The van der Waals surface area contributed by atoms with Crippen molar-refractivity contribution in [1.82, 2.24) is 0 Å². The Morgan fingerprint density at radius 3 is 3.00 bits per heavy atom. The first-order valence-corrected chi connectivity index (χ1v) is 7.48. The van der Waals surface area contributed by atoms with Gasteiger partial charge in [0.1, 0.15) is 5.75 Å². The zero-order valence-corrected chi connectivity index (χ0v) is 12.0. The van der Waals surface area contributed by atoms with Crippen LogP contribution in [0.2, 0.25) is 0 Å². The van der Waals surface area contributed by atoms with E-state index in [1.54, 1.807) is 0 Å². The number of rotatable bonds is 6. The fraction of sp³-hybridized carbons (Fsp3) is 0.625. The van der Waals surface area contributed by atoms with Gasteiger partial charge in [-0.15, -0.1) is 0 Å². The third-order valence-electron chi connectivity index (χ3n) is 3.82. The first-order chi connectivity index (χ1) is 9.31. The molecule has 0 fully saturated rings. The summed E-state index contributed by atoms with van der Waals surface area (Å²) in [7, 11) is 0. The molecule has 0 radical (unpaired) electrons. The molecule has 0 aliphatic carbocycles. The lowest BCUT2D eigenvalue weighted by Gasteiger charge is -2.24. The van der Waals surface area contributed by atoms with Gasteiger partial charge in [0.05, 0.1) is 12.3 Å². The maximum atomic E-state index is 5.79. The highest BCUT2D eigenvalue weighted by Gasteiger charge is 2.15. The second-order valence-corrected chi connectivity index (χ2v) is 5.48. The van der Waals surface area contributed by atoms with Crippen LogP contribution in [-0.2, 0) is 0 Å². The van der Waals surface area contributed by atoms with E-state index in [0.29, 0.717) is 0 Å². The first kappa shape index (κ1) is 14.2. The van der Waals surface area contributed by atoms with Crippen molar-refractivity contribution in [2.45, 2.75) is 32.6 Å². The van der Waals surface area contributed by atoms with Crippen LogP contribution < -0.4 is 15.4 Å². The molecular weight excluding hydrogens is 236 g/mol. The Morgan fingerprint density at radius 1 is 1.32 bits per heavy atom. The van der Waals surface area contributed by atoms with Gasteiger partial charge in [0.25, 0.3) is 0 Å². The van der Waals surface area contributed by atoms with E-state index in [2.05, 4.69) is 30.0 Å². The van der Waals surface area contributed by atoms with E-state index in [1.165, 1.54) is 18.5 Å². The van der Waals surface area contributed by atoms with Crippen molar-refractivity contribution in [1.29, 1.82) is 0 Å². The van der Waals surface area contributed by atoms with Crippen LogP contribution in [0.4, 0.5) is 5.69 Å². The van der Waals surface area contributed by atoms with Gasteiger partial charge < -0.3 is 15.4 Å². The van der Waals surface area contributed by atoms with Crippen LogP contribution in [0.25, 0.3) is 0 Å². The number of hydrogen-bond acceptors (Lipinski definition) is 3. The minimum absolute atomic E-state index is 0.739. The fourth-order valence-electron chi connectivity index (χ4n) is 2.69. The molecule has 1 aliphatic heterocycles. The highest BCUT2D eigenvalue weighted by atomic mass is 16.5. The van der Waals surface area contributed by atoms with E-state index in [0.717, 1.165) is 50.8 Å². The molecule has 0 aromatic heterocycles. The molecule has 1 aliphatic rings. The Labute approximate surface area is 116 Å². The summed E-state index contributed by atoms with van der Waals surface area (Å²) >= 11 is 0. The molecular formula is C16H26N2O. The number of anilines is 1. The Bertz CT molecular complexity index is 381. The molecule has 0 amide bonds. The molecule has 1 aromatic carbocycles. The van der Waals surface area contributed by atoms with E-state index in [4.69, 9.17) is 10.5 Å². The fourth-order valence-corrected chi connectivity index (χ4v) is 2.69. The van der Waals surface area contributed by atoms with Crippen molar-refractivity contribution in [2.24, 2.45) is 11.7 Å². The van der Waals surface area contributed by atoms with Crippen LogP contribution in [0.3, 0.4) is 0 Å². The predicted molar refractivity (Wildman–Crippen MR) is 80.8 cm³/mol. The van der Waals surface area contributed by atoms with Gasteiger partial charge in [-0.2, -0.15) is 0 Å². The quantitative estimate of drug-likeness (QED) is 0.856. The number of nitrogens with zero attached hydrogens (tertiary/aromatic N) is 1. The minimum atomic E-state index is 0.739. The third kappa shape index (κ3) is 4.13. The van der Waals surface area contributed by atoms with Gasteiger partial charge in [-0.05, 0) is 50.3 Å². The normalized spacial score (nSPS) is 16.4. The summed E-state index contributed by atoms with van der Waals surface area (Å²) in [4.78, 5) is 2.47. The number of fused-ring (bicyclic) bond motifs is 1. The standard InChI is InChI=1S/C16H26N2O/c1-14(9-10-17)6-4-11-18-12-5-13-19-16-8-3-2-7-15(16)18/h2-3,7-8,14H,4-6,9-13,17H2,1H3. The third-order valence-corrected chi connectivity index (χ3v) is 3.82. The van der Waals surface area contributed by atoms with Gasteiger partial charge in [0.15, 0.2) is 0 Å². The van der Waals surface area contributed by atoms with Crippen LogP contribution >= 0.6 is 0 Å². The summed E-state index contributed by atoms with van der Waals surface area (Å²) in [5.41, 5.74) is 6.86. The van der Waals surface area contributed by atoms with Gasteiger partial charge in [-0.25, -0.2) is 0 Å². The average Bonchev–Trinajstić information content (AvgIpc) is 2.62. The zero-order chi connectivity index (χ0) is 13.5. The highest BCUT2D eigenvalue weighted by molar-refractivity contribution is 5.58. The maximum Gasteiger partial charge on any atom is 0.142 e. The Kier molecular flexibility index (Phi) is 5.52. The van der Waals surface area contributed by atoms with Crippen LogP contribution in [0, 0.1) is 5.92 Å². The van der Waals surface area contributed by atoms with Crippen molar-refractivity contribution in [3.63, 3.8) is 0 Å². The van der Waals surface area contributed by atoms with E-state index in [1.807, 2.05) is 6.07 Å². The topological polar surface area (TPSA) is 38.5 Å². The number of nitrogens with two attached hydrogens (primary N) is 1. The van der Waals surface area contributed by atoms with Gasteiger partial charge in [-0.1, -0.05) is 19.1 Å². The van der Waals surface area contributed by atoms with Crippen LogP contribution in [0.15, 0.2) is 24.3 Å². The molecule has 106 valence electrons. The van der Waals surface area contributed by atoms with Gasteiger partial charge in [-0.3, -0.25) is 0 Å². The van der Waals surface area contributed by atoms with Crippen molar-refractivity contribution in [3.05, 3.63) is 24.3 Å². The largest absolute Gasteiger partial charge is 0.491 e. The second kappa shape index (κ2) is 7.39. The molecule has 1 unspecified atom stereocenters. The Hall–Kier alpha value is -1.22. The maximum absolute atomic E-state index is 5.79. The Morgan fingerprint density at radius 2 is 2.16 bits per heavy atom. The number of benzene rings is 1. The van der Waals surface area contributed by atoms with Crippen LogP contribution in [0.1, 0.15) is 32.6 Å². The van der Waals surface area contributed by atoms with E-state index in [-0.39, 0.29) is 0 Å². The number of para-hydroxylation sites is 2. The molecule has 2 N–H and O–H groups in total. The molecule has 0 saturated carbocycles. The highest BCUT2D eigenvalue weighted by Crippen LogP contribution is 2.30. The lowest BCUT2D eigenvalue weighted by molar-refractivity contribution is 0.322. The summed E-state index contributed by atoms with van der Waals surface area (Å²) < 4.78 is 5.79. The molecule has 0 bridgehead atoms. The summed E-state index contributed by atoms with van der Waals surface area (Å²) in [5, 5.41) is 0. The average molecular weight is 262 g/mol. The van der Waals surface area contributed by atoms with Gasteiger partial charge >= 0.3 is 0 Å². The van der Waals surface area contributed by atoms with E-state index >= 15 is 0 Å². The smallest absolute Gasteiger partial charge is 0.142 e. The molecule has 0 spiro atoms. The summed E-state index contributed by atoms with van der Waals surface area (Å²) in [6.07, 6.45) is 4.74. The van der Waals surface area contributed by atoms with Crippen LogP contribution in [-0.4, -0.2) is 26.2 Å². The van der Waals surface area contributed by atoms with Crippen molar-refractivity contribution in [2.75, 3.05) is 31.1 Å². The van der Waals surface area contributed by atoms with Gasteiger partial charge in [0, 0.05) is 13.1 Å². The molecule has 1 aromatic rings. The van der Waals surface area contributed by atoms with Crippen molar-refractivity contribution < 1.29 is 4.74 Å². The first-order valence-electron chi connectivity index (χ1n) is 7.48. The zero-order valence-electron chi connectivity index (χ0n) is 12.0. The molecule has 19 heavy (non-hydrogen) atoms. The minimum Gasteiger partial charge on any atom is -0.491 e. The Balaban J connectivity index is 1.89. The summed E-state index contributed by atoms with van der Waals surface area (Å²) in [6, 6.07) is 8.39. The molecule has 1 heterocycles. The SMILES string of the molecule is CC(CCN)CCCN1CCCOc2ccccc21. The summed E-state index contributed by atoms with van der Waals surface area (Å²) in [5.74, 6) is 1.78. The molecule has 3 nitrogen and oxygen atoms in total. The van der Waals surface area contributed by atoms with Crippen molar-refractivity contribution in [3.8, 4) is 5.75 Å². The van der Waals surface area contributed by atoms with E-state index < -0.39 is 0 Å². The lowest BCUT2D eigenvalue weighted by atomic mass is 10.0. The number of ether oxygens (including phenoxy) is 1. The van der Waals surface area contributed by atoms with E-state index in [9.17, 15) is 0 Å². The predicted octanol–water partition coefficient (Wildman–Crippen LogP) is 3.04. The molecule has 3 heteroatoms. The van der Waals surface area contributed by atoms with Crippen LogP contribution in [0.5, 0.6) is 5.75 Å². The molecule has 0 saturated heterocycles. The lowest BCUT2D eigenvalue weighted by Crippen LogP contribution is -2.25. The monoisotopic (exact) mass is 262 g/mol. The second-order valence-electron chi connectivity index (χ2n) is 5.48. The molecule has 1 atom stereocenters.